The van der Waals surface area contributed by atoms with Gasteiger partial charge in [-0.25, -0.2) is 4.79 Å². The van der Waals surface area contributed by atoms with E-state index in [4.69, 9.17) is 9.84 Å². The maximum absolute atomic E-state index is 11.7. The minimum atomic E-state index is -0.378. The number of carbonyl (C=O) groups is 2. The summed E-state index contributed by atoms with van der Waals surface area (Å²) in [5.41, 5.74) is 0.512. The number of esters is 1. The number of unbranched alkanes of at least 4 members (excludes halogenated alkanes) is 5. The number of hydrogen-bond acceptors (Lipinski definition) is 4. The van der Waals surface area contributed by atoms with Gasteiger partial charge in [0.1, 0.15) is 5.78 Å². The fourth-order valence-electron chi connectivity index (χ4n) is 2.18. The molecule has 4 heteroatoms. The van der Waals surface area contributed by atoms with E-state index in [1.165, 1.54) is 0 Å². The van der Waals surface area contributed by atoms with Crippen LogP contribution in [-0.2, 0) is 9.53 Å². The van der Waals surface area contributed by atoms with Crippen molar-refractivity contribution in [2.75, 3.05) is 13.2 Å². The van der Waals surface area contributed by atoms with E-state index in [1.54, 1.807) is 24.3 Å². The van der Waals surface area contributed by atoms with Crippen molar-refractivity contribution in [3.05, 3.63) is 35.9 Å². The first-order chi connectivity index (χ1) is 10.7. The van der Waals surface area contributed by atoms with Crippen LogP contribution < -0.4 is 0 Å². The number of ketones is 1. The van der Waals surface area contributed by atoms with Crippen molar-refractivity contribution in [3.63, 3.8) is 0 Å². The van der Waals surface area contributed by atoms with Gasteiger partial charge in [0, 0.05) is 19.4 Å². The Morgan fingerprint density at radius 1 is 0.864 bits per heavy atom. The molecule has 0 fully saturated rings. The summed E-state index contributed by atoms with van der Waals surface area (Å²) in [5.74, 6) is -0.228. The zero-order valence-electron chi connectivity index (χ0n) is 13.1. The van der Waals surface area contributed by atoms with Gasteiger partial charge in [-0.3, -0.25) is 4.79 Å². The van der Waals surface area contributed by atoms with Crippen molar-refractivity contribution in [2.24, 2.45) is 0 Å². The van der Waals surface area contributed by atoms with Crippen LogP contribution in [-0.4, -0.2) is 30.1 Å². The third kappa shape index (κ3) is 8.57. The molecule has 122 valence electrons. The minimum absolute atomic E-state index is 0.149. The van der Waals surface area contributed by atoms with E-state index in [1.807, 2.05) is 6.07 Å². The Kier molecular flexibility index (Phi) is 9.96. The van der Waals surface area contributed by atoms with E-state index in [-0.39, 0.29) is 25.0 Å². The SMILES string of the molecule is O=C(CCCCCCCCO)CCOC(=O)c1ccccc1. The van der Waals surface area contributed by atoms with Crippen LogP contribution in [0.25, 0.3) is 0 Å². The van der Waals surface area contributed by atoms with Crippen molar-refractivity contribution >= 4 is 11.8 Å². The highest BCUT2D eigenvalue weighted by molar-refractivity contribution is 5.89. The fraction of sp³-hybridized carbons (Fsp3) is 0.556. The van der Waals surface area contributed by atoms with Crippen molar-refractivity contribution < 1.29 is 19.4 Å². The van der Waals surface area contributed by atoms with Gasteiger partial charge in [0.15, 0.2) is 0 Å². The summed E-state index contributed by atoms with van der Waals surface area (Å²) in [4.78, 5) is 23.3. The number of aliphatic hydroxyl groups is 1. The van der Waals surface area contributed by atoms with Crippen molar-refractivity contribution in [3.8, 4) is 0 Å². The first kappa shape index (κ1) is 18.4. The molecule has 1 aromatic carbocycles. The summed E-state index contributed by atoms with van der Waals surface area (Å²) in [5, 5.41) is 8.66. The van der Waals surface area contributed by atoms with Crippen LogP contribution in [0.2, 0.25) is 0 Å². The molecule has 0 unspecified atom stereocenters. The molecule has 0 saturated heterocycles. The summed E-state index contributed by atoms with van der Waals surface area (Å²) in [6.45, 7) is 0.420. The second-order valence-electron chi connectivity index (χ2n) is 5.39. The molecule has 4 nitrogen and oxygen atoms in total. The molecule has 0 saturated carbocycles. The molecule has 1 rings (SSSR count). The molecule has 1 aromatic rings. The number of hydrogen-bond donors (Lipinski definition) is 1. The third-order valence-corrected chi connectivity index (χ3v) is 3.49. The molecule has 0 radical (unpaired) electrons. The number of rotatable bonds is 12. The zero-order chi connectivity index (χ0) is 16.0. The topological polar surface area (TPSA) is 63.6 Å². The van der Waals surface area contributed by atoms with Crippen molar-refractivity contribution in [1.29, 1.82) is 0 Å². The second kappa shape index (κ2) is 11.9. The Bertz CT molecular complexity index is 428. The number of benzene rings is 1. The zero-order valence-corrected chi connectivity index (χ0v) is 13.1. The van der Waals surface area contributed by atoms with Gasteiger partial charge in [0.25, 0.3) is 0 Å². The van der Waals surface area contributed by atoms with Gasteiger partial charge in [0.05, 0.1) is 12.2 Å². The lowest BCUT2D eigenvalue weighted by Crippen LogP contribution is -2.10. The molecule has 0 aromatic heterocycles. The minimum Gasteiger partial charge on any atom is -0.462 e. The van der Waals surface area contributed by atoms with E-state index in [9.17, 15) is 9.59 Å². The lowest BCUT2D eigenvalue weighted by Gasteiger charge is -2.04. The molecule has 0 aliphatic carbocycles. The lowest BCUT2D eigenvalue weighted by atomic mass is 10.1. The highest BCUT2D eigenvalue weighted by Crippen LogP contribution is 2.08. The normalized spacial score (nSPS) is 10.4. The van der Waals surface area contributed by atoms with E-state index >= 15 is 0 Å². The van der Waals surface area contributed by atoms with Crippen molar-refractivity contribution in [1.82, 2.24) is 0 Å². The average Bonchev–Trinajstić information content (AvgIpc) is 2.54. The van der Waals surface area contributed by atoms with Gasteiger partial charge in [-0.2, -0.15) is 0 Å². The molecule has 0 spiro atoms. The Balaban J connectivity index is 2.00. The van der Waals surface area contributed by atoms with E-state index in [0.29, 0.717) is 18.4 Å². The standard InChI is InChI=1S/C18H26O4/c19-14-9-4-2-1-3-8-12-17(20)13-15-22-18(21)16-10-6-5-7-11-16/h5-7,10-11,19H,1-4,8-9,12-15H2. The van der Waals surface area contributed by atoms with Gasteiger partial charge in [-0.1, -0.05) is 43.9 Å². The summed E-state index contributed by atoms with van der Waals surface area (Å²) in [7, 11) is 0. The smallest absolute Gasteiger partial charge is 0.338 e. The maximum atomic E-state index is 11.7. The van der Waals surface area contributed by atoms with Crippen LogP contribution in [0, 0.1) is 0 Å². The predicted octanol–water partition coefficient (Wildman–Crippen LogP) is 3.53. The van der Waals surface area contributed by atoms with Gasteiger partial charge < -0.3 is 9.84 Å². The summed E-state index contributed by atoms with van der Waals surface area (Å²) < 4.78 is 5.09. The molecule has 0 bridgehead atoms. The number of carbonyl (C=O) groups excluding carboxylic acids is 2. The summed E-state index contributed by atoms with van der Waals surface area (Å²) in [6.07, 6.45) is 6.93. The highest BCUT2D eigenvalue weighted by atomic mass is 16.5. The first-order valence-electron chi connectivity index (χ1n) is 8.09. The summed E-state index contributed by atoms with van der Waals surface area (Å²) in [6, 6.07) is 8.79. The molecule has 0 amide bonds. The molecule has 0 atom stereocenters. The third-order valence-electron chi connectivity index (χ3n) is 3.49. The van der Waals surface area contributed by atoms with Crippen LogP contribution in [0.4, 0.5) is 0 Å². The molecule has 0 aliphatic heterocycles. The van der Waals surface area contributed by atoms with E-state index in [2.05, 4.69) is 0 Å². The second-order valence-corrected chi connectivity index (χ2v) is 5.39. The van der Waals surface area contributed by atoms with Gasteiger partial charge in [-0.15, -0.1) is 0 Å². The largest absolute Gasteiger partial charge is 0.462 e. The monoisotopic (exact) mass is 306 g/mol. The van der Waals surface area contributed by atoms with E-state index in [0.717, 1.165) is 38.5 Å². The molecular weight excluding hydrogens is 280 g/mol. The fourth-order valence-corrected chi connectivity index (χ4v) is 2.18. The van der Waals surface area contributed by atoms with Crippen LogP contribution >= 0.6 is 0 Å². The van der Waals surface area contributed by atoms with Gasteiger partial charge in [0.2, 0.25) is 0 Å². The van der Waals surface area contributed by atoms with Crippen molar-refractivity contribution in [2.45, 2.75) is 51.4 Å². The molecule has 1 N–H and O–H groups in total. The van der Waals surface area contributed by atoms with Crippen LogP contribution in [0.15, 0.2) is 30.3 Å². The average molecular weight is 306 g/mol. The Morgan fingerprint density at radius 3 is 2.18 bits per heavy atom. The molecule has 0 heterocycles. The maximum Gasteiger partial charge on any atom is 0.338 e. The Hall–Kier alpha value is -1.68. The molecular formula is C18H26O4. The van der Waals surface area contributed by atoms with Gasteiger partial charge >= 0.3 is 5.97 Å². The molecule has 22 heavy (non-hydrogen) atoms. The number of ether oxygens (including phenoxy) is 1. The highest BCUT2D eigenvalue weighted by Gasteiger charge is 2.07. The Labute approximate surface area is 132 Å². The quantitative estimate of drug-likeness (QED) is 0.474. The lowest BCUT2D eigenvalue weighted by molar-refractivity contribution is -0.119. The van der Waals surface area contributed by atoms with Crippen LogP contribution in [0.3, 0.4) is 0 Å². The molecule has 0 aliphatic rings. The number of Topliss-reactive ketones (excluding diaryl/α,β-unsaturated/α-hetero) is 1. The summed E-state index contributed by atoms with van der Waals surface area (Å²) >= 11 is 0. The van der Waals surface area contributed by atoms with Crippen LogP contribution in [0.5, 0.6) is 0 Å². The first-order valence-corrected chi connectivity index (χ1v) is 8.09. The van der Waals surface area contributed by atoms with E-state index < -0.39 is 0 Å². The number of aliphatic hydroxyl groups excluding tert-OH is 1. The van der Waals surface area contributed by atoms with Gasteiger partial charge in [-0.05, 0) is 25.0 Å². The van der Waals surface area contributed by atoms with Crippen LogP contribution in [0.1, 0.15) is 61.7 Å². The Morgan fingerprint density at radius 2 is 1.50 bits per heavy atom. The predicted molar refractivity (Wildman–Crippen MR) is 85.8 cm³/mol.